The Morgan fingerprint density at radius 3 is 2.40 bits per heavy atom. The highest BCUT2D eigenvalue weighted by Gasteiger charge is 2.20. The highest BCUT2D eigenvalue weighted by molar-refractivity contribution is 8.13. The third kappa shape index (κ3) is 5.59. The number of rotatable bonds is 6. The highest BCUT2D eigenvalue weighted by atomic mass is 35.7. The average molecular weight is 321 g/mol. The second-order valence-electron chi connectivity index (χ2n) is 5.56. The molecule has 0 aliphatic rings. The molecule has 1 rings (SSSR count). The van der Waals surface area contributed by atoms with E-state index >= 15 is 0 Å². The summed E-state index contributed by atoms with van der Waals surface area (Å²) >= 11 is 0. The Kier molecular flexibility index (Phi) is 5.71. The molecule has 1 aromatic carbocycles. The first-order chi connectivity index (χ1) is 9.13. The minimum Gasteiger partial charge on any atom is -0.497 e. The maximum Gasteiger partial charge on any atom is 0.232 e. The predicted molar refractivity (Wildman–Crippen MR) is 81.4 cm³/mol. The summed E-state index contributed by atoms with van der Waals surface area (Å²) in [6.45, 7) is 6.55. The SMILES string of the molecule is COc1ccc(OCCCS(=O)(=O)Cl)c(C(C)(C)C)c1. The molecule has 0 bridgehead atoms. The molecule has 0 N–H and O–H groups in total. The van der Waals surface area contributed by atoms with Gasteiger partial charge in [0, 0.05) is 16.2 Å². The molecule has 0 heterocycles. The second-order valence-corrected chi connectivity index (χ2v) is 8.45. The standard InChI is InChI=1S/C14H21ClO4S/c1-14(2,3)12-10-11(18-4)6-7-13(12)19-8-5-9-20(15,16)17/h6-7,10H,5,8-9H2,1-4H3. The van der Waals surface area contributed by atoms with E-state index in [9.17, 15) is 8.42 Å². The van der Waals surface area contributed by atoms with Gasteiger partial charge in [-0.25, -0.2) is 8.42 Å². The molecule has 0 unspecified atom stereocenters. The van der Waals surface area contributed by atoms with Crippen molar-refractivity contribution in [2.24, 2.45) is 0 Å². The van der Waals surface area contributed by atoms with Crippen molar-refractivity contribution >= 4 is 19.7 Å². The number of methoxy groups -OCH3 is 1. The Labute approximate surface area is 125 Å². The Balaban J connectivity index is 2.79. The van der Waals surface area contributed by atoms with Crippen LogP contribution < -0.4 is 9.47 Å². The topological polar surface area (TPSA) is 52.6 Å². The largest absolute Gasteiger partial charge is 0.497 e. The van der Waals surface area contributed by atoms with Crippen LogP contribution in [0.2, 0.25) is 0 Å². The van der Waals surface area contributed by atoms with E-state index in [-0.39, 0.29) is 11.2 Å². The maximum absolute atomic E-state index is 10.8. The first-order valence-electron chi connectivity index (χ1n) is 6.37. The summed E-state index contributed by atoms with van der Waals surface area (Å²) in [5.41, 5.74) is 0.924. The van der Waals surface area contributed by atoms with Gasteiger partial charge in [-0.1, -0.05) is 20.8 Å². The van der Waals surface area contributed by atoms with Crippen LogP contribution in [0.25, 0.3) is 0 Å². The number of hydrogen-bond acceptors (Lipinski definition) is 4. The van der Waals surface area contributed by atoms with Gasteiger partial charge in [0.25, 0.3) is 0 Å². The third-order valence-corrected chi connectivity index (χ3v) is 4.02. The summed E-state index contributed by atoms with van der Waals surface area (Å²) in [6.07, 6.45) is 0.363. The molecule has 6 heteroatoms. The Hall–Kier alpha value is -0.940. The van der Waals surface area contributed by atoms with Crippen LogP contribution in [0.4, 0.5) is 0 Å². The Bertz CT molecular complexity index is 547. The van der Waals surface area contributed by atoms with Crippen molar-refractivity contribution in [3.63, 3.8) is 0 Å². The highest BCUT2D eigenvalue weighted by Crippen LogP contribution is 2.34. The number of halogens is 1. The molecule has 0 atom stereocenters. The van der Waals surface area contributed by atoms with Crippen molar-refractivity contribution in [2.45, 2.75) is 32.6 Å². The van der Waals surface area contributed by atoms with E-state index in [1.54, 1.807) is 7.11 Å². The molecular weight excluding hydrogens is 300 g/mol. The normalized spacial score (nSPS) is 12.2. The summed E-state index contributed by atoms with van der Waals surface area (Å²) < 4.78 is 32.6. The molecule has 0 fully saturated rings. The van der Waals surface area contributed by atoms with Gasteiger partial charge in [0.2, 0.25) is 9.05 Å². The van der Waals surface area contributed by atoms with E-state index in [1.807, 2.05) is 18.2 Å². The predicted octanol–water partition coefficient (Wildman–Crippen LogP) is 3.33. The van der Waals surface area contributed by atoms with Crippen molar-refractivity contribution in [1.82, 2.24) is 0 Å². The van der Waals surface area contributed by atoms with Crippen molar-refractivity contribution in [2.75, 3.05) is 19.5 Å². The van der Waals surface area contributed by atoms with E-state index in [0.29, 0.717) is 13.0 Å². The lowest BCUT2D eigenvalue weighted by atomic mass is 9.86. The van der Waals surface area contributed by atoms with Crippen LogP contribution in [0.5, 0.6) is 11.5 Å². The van der Waals surface area contributed by atoms with Gasteiger partial charge in [0.15, 0.2) is 0 Å². The summed E-state index contributed by atoms with van der Waals surface area (Å²) in [5.74, 6) is 1.42. The molecular formula is C14H21ClO4S. The van der Waals surface area contributed by atoms with Gasteiger partial charge < -0.3 is 9.47 Å². The zero-order chi connectivity index (χ0) is 15.4. The van der Waals surface area contributed by atoms with Gasteiger partial charge in [-0.2, -0.15) is 0 Å². The smallest absolute Gasteiger partial charge is 0.232 e. The van der Waals surface area contributed by atoms with Crippen molar-refractivity contribution < 1.29 is 17.9 Å². The summed E-state index contributed by atoms with van der Waals surface area (Å²) in [6, 6.07) is 5.60. The molecule has 0 radical (unpaired) electrons. The fourth-order valence-electron chi connectivity index (χ4n) is 1.76. The third-order valence-electron chi connectivity index (χ3n) is 2.78. The maximum atomic E-state index is 10.8. The molecule has 0 spiro atoms. The molecule has 1 aromatic rings. The van der Waals surface area contributed by atoms with Crippen LogP contribution in [0.1, 0.15) is 32.8 Å². The van der Waals surface area contributed by atoms with Gasteiger partial charge in [-0.15, -0.1) is 0 Å². The van der Waals surface area contributed by atoms with Crippen molar-refractivity contribution in [1.29, 1.82) is 0 Å². The quantitative estimate of drug-likeness (QED) is 0.596. The molecule has 114 valence electrons. The van der Waals surface area contributed by atoms with Gasteiger partial charge in [0.05, 0.1) is 19.5 Å². The van der Waals surface area contributed by atoms with E-state index < -0.39 is 9.05 Å². The van der Waals surface area contributed by atoms with Crippen LogP contribution in [0.15, 0.2) is 18.2 Å². The summed E-state index contributed by atoms with van der Waals surface area (Å²) in [4.78, 5) is 0. The van der Waals surface area contributed by atoms with E-state index in [1.165, 1.54) is 0 Å². The first-order valence-corrected chi connectivity index (χ1v) is 8.85. The minimum absolute atomic E-state index is 0.0877. The average Bonchev–Trinajstić information content (AvgIpc) is 2.32. The molecule has 0 saturated heterocycles. The van der Waals surface area contributed by atoms with Gasteiger partial charge in [-0.3, -0.25) is 0 Å². The van der Waals surface area contributed by atoms with Gasteiger partial charge in [-0.05, 0) is 30.0 Å². The lowest BCUT2D eigenvalue weighted by Crippen LogP contribution is -2.14. The molecule has 4 nitrogen and oxygen atoms in total. The van der Waals surface area contributed by atoms with E-state index in [4.69, 9.17) is 20.2 Å². The Morgan fingerprint density at radius 1 is 1.25 bits per heavy atom. The summed E-state index contributed by atoms with van der Waals surface area (Å²) in [7, 11) is 3.32. The number of benzene rings is 1. The van der Waals surface area contributed by atoms with Gasteiger partial charge >= 0.3 is 0 Å². The first kappa shape index (κ1) is 17.1. The number of ether oxygens (including phenoxy) is 2. The lowest BCUT2D eigenvalue weighted by Gasteiger charge is -2.23. The molecule has 0 amide bonds. The minimum atomic E-state index is -3.46. The fourth-order valence-corrected chi connectivity index (χ4v) is 2.55. The van der Waals surface area contributed by atoms with Crippen LogP contribution in [-0.2, 0) is 14.5 Å². The van der Waals surface area contributed by atoms with E-state index in [0.717, 1.165) is 17.1 Å². The molecule has 0 aliphatic heterocycles. The van der Waals surface area contributed by atoms with Crippen molar-refractivity contribution in [3.8, 4) is 11.5 Å². The van der Waals surface area contributed by atoms with E-state index in [2.05, 4.69) is 20.8 Å². The second kappa shape index (κ2) is 6.68. The van der Waals surface area contributed by atoms with Crippen LogP contribution >= 0.6 is 10.7 Å². The monoisotopic (exact) mass is 320 g/mol. The van der Waals surface area contributed by atoms with Crippen LogP contribution in [0.3, 0.4) is 0 Å². The summed E-state index contributed by atoms with van der Waals surface area (Å²) in [5, 5.41) is 0. The molecule has 20 heavy (non-hydrogen) atoms. The number of hydrogen-bond donors (Lipinski definition) is 0. The zero-order valence-electron chi connectivity index (χ0n) is 12.3. The fraction of sp³-hybridized carbons (Fsp3) is 0.571. The molecule has 0 saturated carbocycles. The lowest BCUT2D eigenvalue weighted by molar-refractivity contribution is 0.308. The Morgan fingerprint density at radius 2 is 1.90 bits per heavy atom. The molecule has 0 aliphatic carbocycles. The van der Waals surface area contributed by atoms with Crippen LogP contribution in [-0.4, -0.2) is 27.9 Å². The zero-order valence-corrected chi connectivity index (χ0v) is 13.8. The van der Waals surface area contributed by atoms with Crippen LogP contribution in [0, 0.1) is 0 Å². The van der Waals surface area contributed by atoms with Crippen molar-refractivity contribution in [3.05, 3.63) is 23.8 Å². The molecule has 0 aromatic heterocycles. The van der Waals surface area contributed by atoms with Gasteiger partial charge in [0.1, 0.15) is 11.5 Å².